The number of aromatic amines is 1. The van der Waals surface area contributed by atoms with E-state index in [4.69, 9.17) is 23.2 Å². The SMILES string of the molecule is O=c1[nH]c(Cc2ccc([N+](=O)[O-])cc2)nc2scc(-c3ccc(Cl)c(Cl)c3)c12. The Morgan fingerprint density at radius 3 is 2.54 bits per heavy atom. The number of rotatable bonds is 4. The molecule has 140 valence electrons. The molecule has 6 nitrogen and oxygen atoms in total. The van der Waals surface area contributed by atoms with Crippen molar-refractivity contribution in [2.45, 2.75) is 6.42 Å². The van der Waals surface area contributed by atoms with Crippen LogP contribution >= 0.6 is 34.5 Å². The van der Waals surface area contributed by atoms with Gasteiger partial charge in [0.25, 0.3) is 11.2 Å². The third-order valence-electron chi connectivity index (χ3n) is 4.24. The molecule has 0 amide bonds. The molecule has 0 aliphatic carbocycles. The first-order chi connectivity index (χ1) is 13.4. The fraction of sp³-hybridized carbons (Fsp3) is 0.0526. The largest absolute Gasteiger partial charge is 0.310 e. The predicted molar refractivity (Wildman–Crippen MR) is 112 cm³/mol. The number of benzene rings is 2. The summed E-state index contributed by atoms with van der Waals surface area (Å²) in [6, 6.07) is 11.4. The standard InChI is InChI=1S/C19H11Cl2N3O3S/c20-14-6-3-11(8-15(14)21)13-9-28-19-17(13)18(25)22-16(23-19)7-10-1-4-12(5-2-10)24(26)27/h1-6,8-9H,7H2,(H,22,23,25). The van der Waals surface area contributed by atoms with Crippen LogP contribution in [-0.4, -0.2) is 14.9 Å². The zero-order valence-corrected chi connectivity index (χ0v) is 16.4. The van der Waals surface area contributed by atoms with Gasteiger partial charge in [0.1, 0.15) is 10.7 Å². The second-order valence-corrected chi connectivity index (χ2v) is 7.74. The molecule has 2 aromatic carbocycles. The summed E-state index contributed by atoms with van der Waals surface area (Å²) in [6.07, 6.45) is 0.364. The second kappa shape index (κ2) is 7.35. The van der Waals surface area contributed by atoms with Gasteiger partial charge in [-0.15, -0.1) is 11.3 Å². The first-order valence-electron chi connectivity index (χ1n) is 8.11. The Morgan fingerprint density at radius 2 is 1.86 bits per heavy atom. The summed E-state index contributed by atoms with van der Waals surface area (Å²) < 4.78 is 0. The Morgan fingerprint density at radius 1 is 1.11 bits per heavy atom. The molecule has 0 saturated heterocycles. The van der Waals surface area contributed by atoms with Gasteiger partial charge in [-0.05, 0) is 23.3 Å². The number of thiophene rings is 1. The molecular formula is C19H11Cl2N3O3S. The Hall–Kier alpha value is -2.74. The zero-order valence-electron chi connectivity index (χ0n) is 14.1. The lowest BCUT2D eigenvalue weighted by atomic mass is 10.1. The first kappa shape index (κ1) is 18.6. The molecule has 0 atom stereocenters. The van der Waals surface area contributed by atoms with Crippen LogP contribution < -0.4 is 5.56 Å². The van der Waals surface area contributed by atoms with E-state index in [0.29, 0.717) is 32.5 Å². The van der Waals surface area contributed by atoms with Crippen LogP contribution in [0, 0.1) is 10.1 Å². The van der Waals surface area contributed by atoms with Gasteiger partial charge >= 0.3 is 0 Å². The number of hydrogen-bond acceptors (Lipinski definition) is 5. The maximum atomic E-state index is 12.7. The van der Waals surface area contributed by atoms with Gasteiger partial charge in [-0.2, -0.15) is 0 Å². The monoisotopic (exact) mass is 431 g/mol. The number of nitrogens with one attached hydrogen (secondary N) is 1. The molecule has 2 heterocycles. The van der Waals surface area contributed by atoms with Crippen molar-refractivity contribution in [3.63, 3.8) is 0 Å². The van der Waals surface area contributed by atoms with Crippen molar-refractivity contribution in [1.82, 2.24) is 9.97 Å². The minimum atomic E-state index is -0.452. The van der Waals surface area contributed by atoms with Crippen molar-refractivity contribution in [3.8, 4) is 11.1 Å². The summed E-state index contributed by atoms with van der Waals surface area (Å²) >= 11 is 13.4. The lowest BCUT2D eigenvalue weighted by Gasteiger charge is -2.04. The minimum absolute atomic E-state index is 0.0187. The van der Waals surface area contributed by atoms with E-state index in [1.807, 2.05) is 5.38 Å². The van der Waals surface area contributed by atoms with E-state index in [1.54, 1.807) is 30.3 Å². The number of nitrogens with zero attached hydrogens (tertiary/aromatic N) is 2. The molecule has 0 bridgehead atoms. The number of aromatic nitrogens is 2. The molecule has 0 spiro atoms. The molecule has 4 rings (SSSR count). The fourth-order valence-corrected chi connectivity index (χ4v) is 4.15. The van der Waals surface area contributed by atoms with Gasteiger partial charge in [-0.25, -0.2) is 4.98 Å². The Labute approximate surface area is 172 Å². The quantitative estimate of drug-likeness (QED) is 0.343. The average molecular weight is 432 g/mol. The van der Waals surface area contributed by atoms with E-state index >= 15 is 0 Å². The molecule has 0 aliphatic heterocycles. The third-order valence-corrected chi connectivity index (χ3v) is 5.85. The van der Waals surface area contributed by atoms with Crippen molar-refractivity contribution in [2.75, 3.05) is 0 Å². The molecule has 0 fully saturated rings. The summed E-state index contributed by atoms with van der Waals surface area (Å²) in [5.41, 5.74) is 2.12. The molecule has 0 unspecified atom stereocenters. The summed E-state index contributed by atoms with van der Waals surface area (Å²) in [6.45, 7) is 0. The lowest BCUT2D eigenvalue weighted by molar-refractivity contribution is -0.384. The maximum absolute atomic E-state index is 12.7. The van der Waals surface area contributed by atoms with Crippen molar-refractivity contribution in [1.29, 1.82) is 0 Å². The molecule has 0 saturated carbocycles. The highest BCUT2D eigenvalue weighted by Crippen LogP contribution is 2.34. The van der Waals surface area contributed by atoms with Crippen molar-refractivity contribution < 1.29 is 4.92 Å². The topological polar surface area (TPSA) is 88.9 Å². The molecule has 28 heavy (non-hydrogen) atoms. The highest BCUT2D eigenvalue weighted by atomic mass is 35.5. The number of hydrogen-bond donors (Lipinski definition) is 1. The van der Waals surface area contributed by atoms with E-state index in [9.17, 15) is 14.9 Å². The number of H-pyrrole nitrogens is 1. The number of non-ortho nitro benzene ring substituents is 1. The number of fused-ring (bicyclic) bond motifs is 1. The zero-order chi connectivity index (χ0) is 19.8. The van der Waals surface area contributed by atoms with Crippen LogP contribution in [0.1, 0.15) is 11.4 Å². The van der Waals surface area contributed by atoms with Crippen molar-refractivity contribution >= 4 is 50.4 Å². The predicted octanol–water partition coefficient (Wildman–Crippen LogP) is 5.46. The summed E-state index contributed by atoms with van der Waals surface area (Å²) in [5.74, 6) is 0.494. The van der Waals surface area contributed by atoms with Crippen LogP contribution in [0.2, 0.25) is 10.0 Å². The van der Waals surface area contributed by atoms with E-state index in [-0.39, 0.29) is 11.2 Å². The molecule has 1 N–H and O–H groups in total. The van der Waals surface area contributed by atoms with Gasteiger partial charge in [0.15, 0.2) is 0 Å². The Kier molecular flexibility index (Phi) is 4.89. The Balaban J connectivity index is 1.71. The van der Waals surface area contributed by atoms with Gasteiger partial charge in [0.2, 0.25) is 0 Å². The molecule has 0 aliphatic rings. The highest BCUT2D eigenvalue weighted by molar-refractivity contribution is 7.17. The normalized spacial score (nSPS) is 11.1. The van der Waals surface area contributed by atoms with Crippen LogP contribution in [0.4, 0.5) is 5.69 Å². The molecule has 0 radical (unpaired) electrons. The number of nitro groups is 1. The van der Waals surface area contributed by atoms with Crippen LogP contribution in [0.25, 0.3) is 21.3 Å². The number of halogens is 2. The van der Waals surface area contributed by atoms with Crippen LogP contribution in [0.5, 0.6) is 0 Å². The minimum Gasteiger partial charge on any atom is -0.310 e. The average Bonchev–Trinajstić information content (AvgIpc) is 3.09. The fourth-order valence-electron chi connectivity index (χ4n) is 2.88. The summed E-state index contributed by atoms with van der Waals surface area (Å²) in [4.78, 5) is 31.0. The van der Waals surface area contributed by atoms with Crippen LogP contribution in [0.15, 0.2) is 52.6 Å². The first-order valence-corrected chi connectivity index (χ1v) is 9.75. The van der Waals surface area contributed by atoms with E-state index in [1.165, 1.54) is 23.5 Å². The third kappa shape index (κ3) is 3.52. The molecule has 4 aromatic rings. The summed E-state index contributed by atoms with van der Waals surface area (Å²) in [7, 11) is 0. The maximum Gasteiger partial charge on any atom is 0.269 e. The van der Waals surface area contributed by atoms with Crippen LogP contribution in [0.3, 0.4) is 0 Å². The second-order valence-electron chi connectivity index (χ2n) is 6.07. The van der Waals surface area contributed by atoms with Crippen molar-refractivity contribution in [3.05, 3.63) is 89.7 Å². The molecule has 2 aromatic heterocycles. The lowest BCUT2D eigenvalue weighted by Crippen LogP contribution is -2.11. The van der Waals surface area contributed by atoms with Crippen LogP contribution in [-0.2, 0) is 6.42 Å². The van der Waals surface area contributed by atoms with E-state index in [0.717, 1.165) is 16.7 Å². The van der Waals surface area contributed by atoms with E-state index in [2.05, 4.69) is 9.97 Å². The molecular weight excluding hydrogens is 421 g/mol. The smallest absolute Gasteiger partial charge is 0.269 e. The highest BCUT2D eigenvalue weighted by Gasteiger charge is 2.14. The van der Waals surface area contributed by atoms with Gasteiger partial charge in [-0.3, -0.25) is 14.9 Å². The molecule has 9 heteroatoms. The van der Waals surface area contributed by atoms with Crippen molar-refractivity contribution in [2.24, 2.45) is 0 Å². The van der Waals surface area contributed by atoms with Gasteiger partial charge in [0.05, 0.1) is 20.4 Å². The Bertz CT molecular complexity index is 1270. The van der Waals surface area contributed by atoms with Gasteiger partial charge in [0, 0.05) is 29.5 Å². The van der Waals surface area contributed by atoms with E-state index < -0.39 is 4.92 Å². The van der Waals surface area contributed by atoms with Gasteiger partial charge < -0.3 is 4.98 Å². The van der Waals surface area contributed by atoms with Gasteiger partial charge in [-0.1, -0.05) is 41.4 Å². The summed E-state index contributed by atoms with van der Waals surface area (Å²) in [5, 5.41) is 14.0. The number of nitro benzene ring substituents is 1.